The van der Waals surface area contributed by atoms with Crippen LogP contribution < -0.4 is 0 Å². The number of nitrogens with zero attached hydrogens (tertiary/aromatic N) is 2. The lowest BCUT2D eigenvalue weighted by Crippen LogP contribution is -2.49. The summed E-state index contributed by atoms with van der Waals surface area (Å²) in [6.45, 7) is 3.65. The van der Waals surface area contributed by atoms with Crippen molar-refractivity contribution in [2.75, 3.05) is 0 Å². The van der Waals surface area contributed by atoms with Crippen molar-refractivity contribution in [3.05, 3.63) is 71.8 Å². The van der Waals surface area contributed by atoms with Gasteiger partial charge < -0.3 is 9.57 Å². The van der Waals surface area contributed by atoms with Gasteiger partial charge in [-0.3, -0.25) is 4.79 Å². The van der Waals surface area contributed by atoms with Crippen molar-refractivity contribution < 1.29 is 19.2 Å². The molecular weight excluding hydrogens is 356 g/mol. The molecule has 0 unspecified atom stereocenters. The van der Waals surface area contributed by atoms with E-state index in [-0.39, 0.29) is 0 Å². The van der Waals surface area contributed by atoms with Gasteiger partial charge in [-0.1, -0.05) is 65.8 Å². The van der Waals surface area contributed by atoms with Gasteiger partial charge in [0, 0.05) is 6.42 Å². The maximum Gasteiger partial charge on any atom is 0.417 e. The highest BCUT2D eigenvalue weighted by atomic mass is 16.6. The van der Waals surface area contributed by atoms with Crippen LogP contribution in [0.2, 0.25) is 0 Å². The second kappa shape index (κ2) is 7.11. The quantitative estimate of drug-likeness (QED) is 0.816. The molecule has 1 saturated heterocycles. The van der Waals surface area contributed by atoms with Gasteiger partial charge in [0.1, 0.15) is 5.60 Å². The van der Waals surface area contributed by atoms with Crippen LogP contribution in [0.4, 0.5) is 4.79 Å². The van der Waals surface area contributed by atoms with E-state index in [0.717, 1.165) is 11.1 Å². The summed E-state index contributed by atoms with van der Waals surface area (Å²) in [7, 11) is 0. The van der Waals surface area contributed by atoms with E-state index in [9.17, 15) is 9.59 Å². The number of carbonyl (C=O) groups excluding carboxylic acids is 2. The van der Waals surface area contributed by atoms with Gasteiger partial charge in [0.2, 0.25) is 6.10 Å². The van der Waals surface area contributed by atoms with Crippen molar-refractivity contribution in [2.45, 2.75) is 44.4 Å². The van der Waals surface area contributed by atoms with Crippen molar-refractivity contribution in [3.8, 4) is 0 Å². The zero-order chi connectivity index (χ0) is 19.7. The van der Waals surface area contributed by atoms with Gasteiger partial charge in [-0.05, 0) is 31.4 Å². The van der Waals surface area contributed by atoms with Crippen molar-refractivity contribution in [1.82, 2.24) is 4.90 Å². The minimum atomic E-state index is -0.824. The molecule has 6 heteroatoms. The van der Waals surface area contributed by atoms with E-state index >= 15 is 0 Å². The number of imide groups is 1. The van der Waals surface area contributed by atoms with Crippen LogP contribution >= 0.6 is 0 Å². The molecule has 4 rings (SSSR count). The van der Waals surface area contributed by atoms with Crippen LogP contribution in [0.1, 0.15) is 31.4 Å². The molecule has 0 saturated carbocycles. The van der Waals surface area contributed by atoms with Gasteiger partial charge in [-0.15, -0.1) is 0 Å². The molecule has 0 radical (unpaired) electrons. The van der Waals surface area contributed by atoms with Crippen LogP contribution in [-0.2, 0) is 20.8 Å². The number of oxime groups is 1. The zero-order valence-corrected chi connectivity index (χ0v) is 15.9. The molecule has 2 aliphatic rings. The largest absolute Gasteiger partial charge is 0.441 e. The van der Waals surface area contributed by atoms with E-state index in [1.54, 1.807) is 0 Å². The SMILES string of the molecule is CC1(C)OC(=O)N(C(=O)[C@H]2CC(c3ccccc3)=NO2)[C@H]1Cc1ccccc1. The Hall–Kier alpha value is -3.15. The normalized spacial score (nSPS) is 23.1. The Balaban J connectivity index is 1.53. The number of amides is 2. The number of hydrogen-bond acceptors (Lipinski definition) is 5. The van der Waals surface area contributed by atoms with E-state index in [0.29, 0.717) is 18.6 Å². The fraction of sp³-hybridized carbons (Fsp3) is 0.318. The molecule has 28 heavy (non-hydrogen) atoms. The first-order valence-corrected chi connectivity index (χ1v) is 9.34. The fourth-order valence-corrected chi connectivity index (χ4v) is 3.66. The average molecular weight is 378 g/mol. The number of carbonyl (C=O) groups is 2. The van der Waals surface area contributed by atoms with Gasteiger partial charge >= 0.3 is 6.09 Å². The molecule has 2 amide bonds. The number of ether oxygens (including phenoxy) is 1. The number of cyclic esters (lactones) is 1. The Morgan fingerprint density at radius 3 is 2.43 bits per heavy atom. The first kappa shape index (κ1) is 18.2. The monoisotopic (exact) mass is 378 g/mol. The van der Waals surface area contributed by atoms with E-state index in [1.165, 1.54) is 4.90 Å². The van der Waals surface area contributed by atoms with Crippen molar-refractivity contribution in [2.24, 2.45) is 5.16 Å². The molecule has 0 spiro atoms. The highest BCUT2D eigenvalue weighted by Gasteiger charge is 2.52. The van der Waals surface area contributed by atoms with Crippen LogP contribution in [0.5, 0.6) is 0 Å². The molecule has 0 N–H and O–H groups in total. The number of rotatable bonds is 4. The molecule has 1 fully saturated rings. The predicted molar refractivity (Wildman–Crippen MR) is 104 cm³/mol. The van der Waals surface area contributed by atoms with Gasteiger partial charge in [0.15, 0.2) is 0 Å². The van der Waals surface area contributed by atoms with Crippen LogP contribution in [0.3, 0.4) is 0 Å². The summed E-state index contributed by atoms with van der Waals surface area (Å²) in [5.74, 6) is -0.411. The van der Waals surface area contributed by atoms with E-state index < -0.39 is 29.7 Å². The number of benzene rings is 2. The Labute approximate surface area is 163 Å². The predicted octanol–water partition coefficient (Wildman–Crippen LogP) is 3.55. The van der Waals surface area contributed by atoms with Gasteiger partial charge in [-0.2, -0.15) is 0 Å². The molecule has 0 aromatic heterocycles. The second-order valence-corrected chi connectivity index (χ2v) is 7.59. The van der Waals surface area contributed by atoms with Crippen molar-refractivity contribution in [1.29, 1.82) is 0 Å². The van der Waals surface area contributed by atoms with Crippen molar-refractivity contribution in [3.63, 3.8) is 0 Å². The zero-order valence-electron chi connectivity index (χ0n) is 15.9. The summed E-state index contributed by atoms with van der Waals surface area (Å²) in [6.07, 6.45) is -0.613. The van der Waals surface area contributed by atoms with Crippen LogP contribution in [0.15, 0.2) is 65.8 Å². The van der Waals surface area contributed by atoms with Gasteiger partial charge in [0.05, 0.1) is 11.8 Å². The first-order valence-electron chi connectivity index (χ1n) is 9.34. The molecule has 144 valence electrons. The average Bonchev–Trinajstić information content (AvgIpc) is 3.26. The second-order valence-electron chi connectivity index (χ2n) is 7.59. The molecule has 2 aromatic rings. The summed E-state index contributed by atoms with van der Waals surface area (Å²) in [6, 6.07) is 18.9. The molecule has 0 bridgehead atoms. The molecule has 6 nitrogen and oxygen atoms in total. The summed E-state index contributed by atoms with van der Waals surface area (Å²) in [5.41, 5.74) is 1.85. The Bertz CT molecular complexity index is 909. The van der Waals surface area contributed by atoms with E-state index in [4.69, 9.17) is 9.57 Å². The molecule has 2 aromatic carbocycles. The Kier molecular flexibility index (Phi) is 4.63. The van der Waals surface area contributed by atoms with Crippen LogP contribution in [-0.4, -0.2) is 40.4 Å². The third-order valence-electron chi connectivity index (χ3n) is 5.22. The Morgan fingerprint density at radius 1 is 1.11 bits per heavy atom. The topological polar surface area (TPSA) is 68.2 Å². The molecule has 2 aliphatic heterocycles. The van der Waals surface area contributed by atoms with Gasteiger partial charge in [-0.25, -0.2) is 9.69 Å². The van der Waals surface area contributed by atoms with Gasteiger partial charge in [0.25, 0.3) is 5.91 Å². The standard InChI is InChI=1S/C22H22N2O4/c1-22(2)19(13-15-9-5-3-6-10-15)24(21(26)27-22)20(25)18-14-17(23-28-18)16-11-7-4-8-12-16/h3-12,18-19H,13-14H2,1-2H3/t18-,19+/m1/s1. The maximum absolute atomic E-state index is 13.2. The summed E-state index contributed by atoms with van der Waals surface area (Å²) >= 11 is 0. The van der Waals surface area contributed by atoms with E-state index in [2.05, 4.69) is 5.16 Å². The molecule has 2 atom stereocenters. The van der Waals surface area contributed by atoms with Crippen LogP contribution in [0, 0.1) is 0 Å². The van der Waals surface area contributed by atoms with Crippen LogP contribution in [0.25, 0.3) is 0 Å². The highest BCUT2D eigenvalue weighted by molar-refractivity contribution is 6.06. The first-order chi connectivity index (χ1) is 13.5. The minimum Gasteiger partial charge on any atom is -0.441 e. The third kappa shape index (κ3) is 3.38. The minimum absolute atomic E-state index is 0.325. The molecule has 0 aliphatic carbocycles. The molecular formula is C22H22N2O4. The maximum atomic E-state index is 13.2. The third-order valence-corrected chi connectivity index (χ3v) is 5.22. The fourth-order valence-electron chi connectivity index (χ4n) is 3.66. The van der Waals surface area contributed by atoms with E-state index in [1.807, 2.05) is 74.5 Å². The summed E-state index contributed by atoms with van der Waals surface area (Å²) < 4.78 is 5.51. The Morgan fingerprint density at radius 2 is 1.75 bits per heavy atom. The smallest absolute Gasteiger partial charge is 0.417 e. The lowest BCUT2D eigenvalue weighted by Gasteiger charge is -2.28. The highest BCUT2D eigenvalue weighted by Crippen LogP contribution is 2.33. The summed E-state index contributed by atoms with van der Waals surface area (Å²) in [4.78, 5) is 32.3. The molecule has 2 heterocycles. The van der Waals surface area contributed by atoms with Crippen molar-refractivity contribution >= 4 is 17.7 Å². The summed E-state index contributed by atoms with van der Waals surface area (Å²) in [5, 5.41) is 4.07. The number of hydrogen-bond donors (Lipinski definition) is 0. The lowest BCUT2D eigenvalue weighted by molar-refractivity contribution is -0.140. The lowest BCUT2D eigenvalue weighted by atomic mass is 9.91.